The number of aromatic amines is 1. The Morgan fingerprint density at radius 2 is 1.36 bits per heavy atom. The summed E-state index contributed by atoms with van der Waals surface area (Å²) in [6.45, 7) is -0.936. The summed E-state index contributed by atoms with van der Waals surface area (Å²) in [6.07, 6.45) is -0.0182. The number of carboxylic acids is 3. The third-order valence-electron chi connectivity index (χ3n) is 5.81. The number of rotatable bonds is 16. The van der Waals surface area contributed by atoms with Crippen LogP contribution in [0.1, 0.15) is 31.2 Å². The fourth-order valence-corrected chi connectivity index (χ4v) is 3.68. The van der Waals surface area contributed by atoms with Gasteiger partial charge in [0.25, 0.3) is 0 Å². The van der Waals surface area contributed by atoms with Gasteiger partial charge in [0, 0.05) is 36.4 Å². The molecule has 2 aromatic rings. The Kier molecular flexibility index (Phi) is 11.4. The fourth-order valence-electron chi connectivity index (χ4n) is 3.68. The van der Waals surface area contributed by atoms with Crippen LogP contribution in [0.2, 0.25) is 0 Å². The van der Waals surface area contributed by atoms with E-state index in [2.05, 4.69) is 20.9 Å². The van der Waals surface area contributed by atoms with Crippen molar-refractivity contribution in [1.29, 1.82) is 0 Å². The molecule has 15 heteroatoms. The van der Waals surface area contributed by atoms with Gasteiger partial charge in [-0.25, -0.2) is 4.79 Å². The Hall–Kier alpha value is -4.50. The van der Waals surface area contributed by atoms with Crippen molar-refractivity contribution in [3.05, 3.63) is 36.0 Å². The van der Waals surface area contributed by atoms with Crippen molar-refractivity contribution in [1.82, 2.24) is 20.9 Å². The lowest BCUT2D eigenvalue weighted by Gasteiger charge is -2.24. The van der Waals surface area contributed by atoms with E-state index in [-0.39, 0.29) is 19.3 Å². The highest BCUT2D eigenvalue weighted by Gasteiger charge is 2.31. The standard InChI is InChI=1S/C24H31N5O10/c25-14(5-7-19(31)32)21(35)28-17(9-12-10-26-15-4-2-1-3-13(12)15)22(36)29-18(11-30)23(37)27-16(24(38)39)6-8-20(33)34/h1-4,10,14,16-18,26,30H,5-9,11,25H2,(H,27,37)(H,28,35)(H,29,36)(H,31,32)(H,33,34)(H,38,39). The van der Waals surface area contributed by atoms with Crippen LogP contribution in [0, 0.1) is 0 Å². The molecule has 0 aliphatic carbocycles. The molecule has 1 aromatic heterocycles. The molecule has 4 atom stereocenters. The van der Waals surface area contributed by atoms with Crippen molar-refractivity contribution in [2.45, 2.75) is 56.3 Å². The summed E-state index contributed by atoms with van der Waals surface area (Å²) in [4.78, 5) is 74.4. The molecule has 0 bridgehead atoms. The summed E-state index contributed by atoms with van der Waals surface area (Å²) >= 11 is 0. The molecular formula is C24H31N5O10. The average molecular weight is 550 g/mol. The number of hydrogen-bond acceptors (Lipinski definition) is 8. The maximum Gasteiger partial charge on any atom is 0.326 e. The number of aliphatic carboxylic acids is 3. The second-order valence-corrected chi connectivity index (χ2v) is 8.74. The first kappa shape index (κ1) is 30.7. The zero-order valence-corrected chi connectivity index (χ0v) is 20.8. The number of benzene rings is 1. The van der Waals surface area contributed by atoms with Crippen LogP contribution >= 0.6 is 0 Å². The summed E-state index contributed by atoms with van der Waals surface area (Å²) in [5.74, 6) is -6.76. The van der Waals surface area contributed by atoms with Gasteiger partial charge in [0.15, 0.2) is 0 Å². The van der Waals surface area contributed by atoms with Gasteiger partial charge >= 0.3 is 17.9 Å². The third-order valence-corrected chi connectivity index (χ3v) is 5.81. The van der Waals surface area contributed by atoms with Crippen molar-refractivity contribution >= 4 is 46.5 Å². The van der Waals surface area contributed by atoms with Crippen molar-refractivity contribution in [3.8, 4) is 0 Å². The van der Waals surface area contributed by atoms with E-state index >= 15 is 0 Å². The zero-order valence-electron chi connectivity index (χ0n) is 20.8. The smallest absolute Gasteiger partial charge is 0.326 e. The van der Waals surface area contributed by atoms with E-state index in [4.69, 9.17) is 15.9 Å². The molecule has 4 unspecified atom stereocenters. The average Bonchev–Trinajstić information content (AvgIpc) is 3.29. The molecule has 2 rings (SSSR count). The van der Waals surface area contributed by atoms with Crippen molar-refractivity contribution in [2.24, 2.45) is 5.73 Å². The number of aromatic nitrogens is 1. The van der Waals surface area contributed by atoms with Gasteiger partial charge in [-0.1, -0.05) is 18.2 Å². The number of fused-ring (bicyclic) bond motifs is 1. The number of carbonyl (C=O) groups excluding carboxylic acids is 3. The first-order valence-corrected chi connectivity index (χ1v) is 11.9. The molecule has 3 amide bonds. The first-order valence-electron chi connectivity index (χ1n) is 11.9. The number of nitrogens with one attached hydrogen (secondary N) is 4. The van der Waals surface area contributed by atoms with E-state index in [0.29, 0.717) is 5.56 Å². The largest absolute Gasteiger partial charge is 0.481 e. The molecular weight excluding hydrogens is 518 g/mol. The molecule has 1 heterocycles. The van der Waals surface area contributed by atoms with Crippen molar-refractivity contribution in [3.63, 3.8) is 0 Å². The van der Waals surface area contributed by atoms with Crippen molar-refractivity contribution < 1.29 is 49.2 Å². The molecule has 1 aromatic carbocycles. The SMILES string of the molecule is NC(CCC(=O)O)C(=O)NC(Cc1c[nH]c2ccccc12)C(=O)NC(CO)C(=O)NC(CCC(=O)O)C(=O)O. The second kappa shape index (κ2) is 14.4. The van der Waals surface area contributed by atoms with Crippen LogP contribution in [0.25, 0.3) is 10.9 Å². The van der Waals surface area contributed by atoms with Gasteiger partial charge in [-0.15, -0.1) is 0 Å². The fraction of sp³-hybridized carbons (Fsp3) is 0.417. The number of nitrogens with two attached hydrogens (primary N) is 1. The summed E-state index contributed by atoms with van der Waals surface area (Å²) in [7, 11) is 0. The van der Waals surface area contributed by atoms with E-state index in [1.54, 1.807) is 30.5 Å². The summed E-state index contributed by atoms with van der Waals surface area (Å²) in [5.41, 5.74) is 7.15. The van der Waals surface area contributed by atoms with E-state index in [1.165, 1.54) is 0 Å². The molecule has 0 aliphatic heterocycles. The minimum absolute atomic E-state index is 0.0800. The number of carbonyl (C=O) groups is 6. The van der Waals surface area contributed by atoms with Crippen LogP contribution in [0.5, 0.6) is 0 Å². The molecule has 10 N–H and O–H groups in total. The summed E-state index contributed by atoms with van der Waals surface area (Å²) < 4.78 is 0. The molecule has 0 radical (unpaired) electrons. The lowest BCUT2D eigenvalue weighted by molar-refractivity contribution is -0.144. The number of para-hydroxylation sites is 1. The van der Waals surface area contributed by atoms with Crippen LogP contribution in [-0.4, -0.2) is 91.8 Å². The zero-order chi connectivity index (χ0) is 29.1. The molecule has 15 nitrogen and oxygen atoms in total. The van der Waals surface area contributed by atoms with Gasteiger partial charge in [-0.2, -0.15) is 0 Å². The molecule has 0 aliphatic rings. The van der Waals surface area contributed by atoms with Gasteiger partial charge in [-0.3, -0.25) is 24.0 Å². The first-order chi connectivity index (χ1) is 18.4. The van der Waals surface area contributed by atoms with Gasteiger partial charge in [0.05, 0.1) is 12.6 Å². The maximum atomic E-state index is 13.2. The second-order valence-electron chi connectivity index (χ2n) is 8.74. The predicted octanol–water partition coefficient (Wildman–Crippen LogP) is -1.70. The van der Waals surface area contributed by atoms with Crippen LogP contribution in [0.15, 0.2) is 30.5 Å². The highest BCUT2D eigenvalue weighted by molar-refractivity contribution is 5.95. The van der Waals surface area contributed by atoms with Gasteiger partial charge in [0.1, 0.15) is 18.1 Å². The van der Waals surface area contributed by atoms with E-state index in [0.717, 1.165) is 10.9 Å². The Morgan fingerprint density at radius 1 is 0.795 bits per heavy atom. The van der Waals surface area contributed by atoms with E-state index in [1.807, 2.05) is 0 Å². The normalized spacial score (nSPS) is 14.0. The quantitative estimate of drug-likeness (QED) is 0.114. The molecule has 0 saturated heterocycles. The Balaban J connectivity index is 2.21. The number of carboxylic acid groups (broad SMARTS) is 3. The number of hydrogen-bond donors (Lipinski definition) is 9. The Bertz CT molecular complexity index is 1210. The van der Waals surface area contributed by atoms with E-state index in [9.17, 15) is 39.0 Å². The van der Waals surface area contributed by atoms with Gasteiger partial charge in [-0.05, 0) is 24.5 Å². The number of aliphatic hydroxyl groups excluding tert-OH is 1. The van der Waals surface area contributed by atoms with E-state index < -0.39 is 79.2 Å². The lowest BCUT2D eigenvalue weighted by atomic mass is 10.0. The van der Waals surface area contributed by atoms with Crippen LogP contribution < -0.4 is 21.7 Å². The number of H-pyrrole nitrogens is 1. The van der Waals surface area contributed by atoms with Crippen LogP contribution in [-0.2, 0) is 35.2 Å². The summed E-state index contributed by atoms with van der Waals surface area (Å²) in [6, 6.07) is 1.35. The van der Waals surface area contributed by atoms with Gasteiger partial charge in [0.2, 0.25) is 17.7 Å². The number of aliphatic hydroxyl groups is 1. The lowest BCUT2D eigenvalue weighted by Crippen LogP contribution is -2.58. The highest BCUT2D eigenvalue weighted by Crippen LogP contribution is 2.19. The number of amides is 3. The Labute approximate surface area is 221 Å². The molecule has 0 spiro atoms. The highest BCUT2D eigenvalue weighted by atomic mass is 16.4. The topological polar surface area (TPSA) is 261 Å². The maximum absolute atomic E-state index is 13.2. The molecule has 0 fully saturated rings. The van der Waals surface area contributed by atoms with Crippen molar-refractivity contribution in [2.75, 3.05) is 6.61 Å². The molecule has 0 saturated carbocycles. The monoisotopic (exact) mass is 549 g/mol. The molecule has 39 heavy (non-hydrogen) atoms. The van der Waals surface area contributed by atoms with Crippen LogP contribution in [0.3, 0.4) is 0 Å². The minimum atomic E-state index is -1.63. The summed E-state index contributed by atoms with van der Waals surface area (Å²) in [5, 5.41) is 44.1. The Morgan fingerprint density at radius 3 is 1.97 bits per heavy atom. The molecule has 212 valence electrons. The van der Waals surface area contributed by atoms with Crippen LogP contribution in [0.4, 0.5) is 0 Å². The third kappa shape index (κ3) is 9.39. The predicted molar refractivity (Wildman–Crippen MR) is 134 cm³/mol. The van der Waals surface area contributed by atoms with Gasteiger partial charge < -0.3 is 47.1 Å². The minimum Gasteiger partial charge on any atom is -0.481 e.